The molecule has 0 aliphatic carbocycles. The van der Waals surface area contributed by atoms with Crippen molar-refractivity contribution in [3.63, 3.8) is 0 Å². The van der Waals surface area contributed by atoms with Crippen LogP contribution in [0.5, 0.6) is 34.5 Å². The Morgan fingerprint density at radius 3 is 2.21 bits per heavy atom. The molecule has 0 spiro atoms. The molecule has 0 amide bonds. The van der Waals surface area contributed by atoms with Crippen molar-refractivity contribution in [2.45, 2.75) is 30.7 Å². The summed E-state index contributed by atoms with van der Waals surface area (Å²) in [6.45, 7) is -0.739. The Labute approximate surface area is 189 Å². The van der Waals surface area contributed by atoms with Gasteiger partial charge in [-0.15, -0.1) is 0 Å². The van der Waals surface area contributed by atoms with Gasteiger partial charge in [0.25, 0.3) is 0 Å². The second kappa shape index (κ2) is 8.55. The SMILES string of the molecule is O=c1c(O)c(-c2ccc(O)c(O)c2)oc2c(O)c(OC3OC(CO)[C@@H](O)[C@H](O)[C@H]3O)cc(O)c12. The minimum Gasteiger partial charge on any atom is -0.507 e. The number of hydrogen-bond donors (Lipinski definition) is 9. The number of hydrogen-bond acceptors (Lipinski definition) is 13. The van der Waals surface area contributed by atoms with E-state index in [-0.39, 0.29) is 5.56 Å². The lowest BCUT2D eigenvalue weighted by atomic mass is 9.99. The highest BCUT2D eigenvalue weighted by Gasteiger charge is 2.45. The zero-order chi connectivity index (χ0) is 24.9. The predicted molar refractivity (Wildman–Crippen MR) is 111 cm³/mol. The van der Waals surface area contributed by atoms with E-state index in [1.54, 1.807) is 0 Å². The summed E-state index contributed by atoms with van der Waals surface area (Å²) in [6, 6.07) is 4.00. The molecule has 1 saturated heterocycles. The highest BCUT2D eigenvalue weighted by Crippen LogP contribution is 2.44. The fraction of sp³-hybridized carbons (Fsp3) is 0.286. The average Bonchev–Trinajstić information content (AvgIpc) is 2.81. The molecular weight excluding hydrogens is 460 g/mol. The van der Waals surface area contributed by atoms with E-state index in [9.17, 15) is 50.8 Å². The summed E-state index contributed by atoms with van der Waals surface area (Å²) in [4.78, 5) is 12.7. The molecule has 0 radical (unpaired) electrons. The molecule has 0 saturated carbocycles. The van der Waals surface area contributed by atoms with Gasteiger partial charge in [0.15, 0.2) is 28.6 Å². The Morgan fingerprint density at radius 2 is 1.56 bits per heavy atom. The Bertz CT molecular complexity index is 1300. The molecule has 1 fully saturated rings. The summed E-state index contributed by atoms with van der Waals surface area (Å²) >= 11 is 0. The molecular formula is C21H20O13. The number of aliphatic hydroxyl groups is 4. The molecule has 34 heavy (non-hydrogen) atoms. The molecule has 13 nitrogen and oxygen atoms in total. The summed E-state index contributed by atoms with van der Waals surface area (Å²) in [5.41, 5.74) is -1.85. The standard InChI is InChI=1S/C21H20O13/c22-5-11-13(26)16(29)18(31)21(33-11)32-10-4-9(25)12-15(28)17(30)19(34-20(12)14(10)27)6-1-2-7(23)8(24)3-6/h1-4,11,13,16,18,21-27,29-31H,5H2/t11?,13-,16+,18-,21?/m1/s1. The third-order valence-electron chi connectivity index (χ3n) is 5.39. The molecule has 13 heteroatoms. The highest BCUT2D eigenvalue weighted by molar-refractivity contribution is 5.93. The molecule has 0 bridgehead atoms. The van der Waals surface area contributed by atoms with E-state index in [1.165, 1.54) is 6.07 Å². The number of ether oxygens (including phenoxy) is 2. The zero-order valence-corrected chi connectivity index (χ0v) is 17.1. The summed E-state index contributed by atoms with van der Waals surface area (Å²) in [7, 11) is 0. The molecule has 2 unspecified atom stereocenters. The molecule has 3 aromatic rings. The van der Waals surface area contributed by atoms with Crippen LogP contribution < -0.4 is 10.2 Å². The van der Waals surface area contributed by atoms with Gasteiger partial charge in [0.1, 0.15) is 35.6 Å². The lowest BCUT2D eigenvalue weighted by Crippen LogP contribution is -2.60. The summed E-state index contributed by atoms with van der Waals surface area (Å²) < 4.78 is 16.0. The van der Waals surface area contributed by atoms with Crippen LogP contribution in [0.4, 0.5) is 0 Å². The van der Waals surface area contributed by atoms with Crippen molar-refractivity contribution in [1.82, 2.24) is 0 Å². The van der Waals surface area contributed by atoms with E-state index in [2.05, 4.69) is 0 Å². The lowest BCUT2D eigenvalue weighted by molar-refractivity contribution is -0.277. The maximum atomic E-state index is 12.7. The van der Waals surface area contributed by atoms with Gasteiger partial charge in [-0.3, -0.25) is 4.79 Å². The van der Waals surface area contributed by atoms with E-state index in [0.717, 1.165) is 18.2 Å². The largest absolute Gasteiger partial charge is 0.507 e. The second-order valence-corrected chi connectivity index (χ2v) is 7.57. The van der Waals surface area contributed by atoms with E-state index in [0.29, 0.717) is 0 Å². The Morgan fingerprint density at radius 1 is 0.853 bits per heavy atom. The zero-order valence-electron chi connectivity index (χ0n) is 17.1. The van der Waals surface area contributed by atoms with Gasteiger partial charge in [-0.1, -0.05) is 0 Å². The van der Waals surface area contributed by atoms with E-state index >= 15 is 0 Å². The minimum atomic E-state index is -1.84. The number of phenols is 4. The Balaban J connectivity index is 1.83. The van der Waals surface area contributed by atoms with Crippen LogP contribution in [0.1, 0.15) is 0 Å². The van der Waals surface area contributed by atoms with Gasteiger partial charge in [-0.2, -0.15) is 0 Å². The third kappa shape index (κ3) is 3.70. The Kier molecular flexibility index (Phi) is 5.89. The maximum Gasteiger partial charge on any atom is 0.238 e. The lowest BCUT2D eigenvalue weighted by Gasteiger charge is -2.39. The molecule has 1 aromatic heterocycles. The average molecular weight is 480 g/mol. The monoisotopic (exact) mass is 480 g/mol. The fourth-order valence-electron chi connectivity index (χ4n) is 3.54. The van der Waals surface area contributed by atoms with Gasteiger partial charge in [0.2, 0.25) is 23.2 Å². The highest BCUT2D eigenvalue weighted by atomic mass is 16.7. The van der Waals surface area contributed by atoms with Gasteiger partial charge in [-0.05, 0) is 18.2 Å². The van der Waals surface area contributed by atoms with Crippen LogP contribution in [0.15, 0.2) is 33.5 Å². The first kappa shape index (κ1) is 23.4. The fourth-order valence-corrected chi connectivity index (χ4v) is 3.54. The number of benzene rings is 2. The van der Waals surface area contributed by atoms with E-state index in [1.807, 2.05) is 0 Å². The van der Waals surface area contributed by atoms with Gasteiger partial charge in [0, 0.05) is 11.6 Å². The number of aromatic hydroxyl groups is 5. The van der Waals surface area contributed by atoms with Gasteiger partial charge in [-0.25, -0.2) is 0 Å². The minimum absolute atomic E-state index is 0.0639. The first-order chi connectivity index (χ1) is 16.0. The number of aliphatic hydroxyl groups excluding tert-OH is 4. The van der Waals surface area contributed by atoms with Gasteiger partial charge >= 0.3 is 0 Å². The van der Waals surface area contributed by atoms with E-state index in [4.69, 9.17) is 13.9 Å². The molecule has 2 aromatic carbocycles. The van der Waals surface area contributed by atoms with E-state index < -0.39 is 94.0 Å². The molecule has 2 heterocycles. The van der Waals surface area contributed by atoms with Crippen LogP contribution in [0, 0.1) is 0 Å². The van der Waals surface area contributed by atoms with Crippen molar-refractivity contribution < 1.29 is 59.8 Å². The number of phenolic OH excluding ortho intramolecular Hbond substituents is 4. The van der Waals surface area contributed by atoms with Crippen LogP contribution >= 0.6 is 0 Å². The first-order valence-electron chi connectivity index (χ1n) is 9.79. The summed E-state index contributed by atoms with van der Waals surface area (Å²) in [5, 5.41) is 89.1. The van der Waals surface area contributed by atoms with Gasteiger partial charge < -0.3 is 59.8 Å². The van der Waals surface area contributed by atoms with Crippen molar-refractivity contribution in [1.29, 1.82) is 0 Å². The smallest absolute Gasteiger partial charge is 0.238 e. The molecule has 1 aliphatic rings. The molecule has 9 N–H and O–H groups in total. The predicted octanol–water partition coefficient (Wildman–Crippen LogP) is -0.833. The van der Waals surface area contributed by atoms with Gasteiger partial charge in [0.05, 0.1) is 6.61 Å². The van der Waals surface area contributed by atoms with Crippen molar-refractivity contribution in [3.05, 3.63) is 34.5 Å². The summed E-state index contributed by atoms with van der Waals surface area (Å²) in [6.07, 6.45) is -8.32. The first-order valence-corrected chi connectivity index (χ1v) is 9.79. The van der Waals surface area contributed by atoms with Crippen molar-refractivity contribution in [3.8, 4) is 45.8 Å². The van der Waals surface area contributed by atoms with Crippen LogP contribution in [0.2, 0.25) is 0 Å². The van der Waals surface area contributed by atoms with Crippen LogP contribution in [0.3, 0.4) is 0 Å². The Hall–Kier alpha value is -3.75. The van der Waals surface area contributed by atoms with Crippen molar-refractivity contribution in [2.24, 2.45) is 0 Å². The maximum absolute atomic E-state index is 12.7. The van der Waals surface area contributed by atoms with Crippen molar-refractivity contribution >= 4 is 11.0 Å². The van der Waals surface area contributed by atoms with Crippen LogP contribution in [-0.4, -0.2) is 83.3 Å². The molecule has 1 aliphatic heterocycles. The van der Waals surface area contributed by atoms with Crippen LogP contribution in [-0.2, 0) is 4.74 Å². The molecule has 5 atom stereocenters. The quantitative estimate of drug-likeness (QED) is 0.164. The summed E-state index contributed by atoms with van der Waals surface area (Å²) in [5.74, 6) is -4.80. The third-order valence-corrected chi connectivity index (χ3v) is 5.39. The number of rotatable bonds is 4. The van der Waals surface area contributed by atoms with Crippen LogP contribution in [0.25, 0.3) is 22.3 Å². The topological polar surface area (TPSA) is 231 Å². The molecule has 182 valence electrons. The van der Waals surface area contributed by atoms with Crippen molar-refractivity contribution in [2.75, 3.05) is 6.61 Å². The second-order valence-electron chi connectivity index (χ2n) is 7.57. The molecule has 4 rings (SSSR count). The number of fused-ring (bicyclic) bond motifs is 1. The normalized spacial score (nSPS) is 24.9.